The molecule has 2 rings (SSSR count). The van der Waals surface area contributed by atoms with Gasteiger partial charge >= 0.3 is 0 Å². The molecule has 0 bridgehead atoms. The van der Waals surface area contributed by atoms with Gasteiger partial charge in [-0.05, 0) is 70.6 Å². The van der Waals surface area contributed by atoms with Gasteiger partial charge in [0.25, 0.3) is 0 Å². The van der Waals surface area contributed by atoms with Crippen molar-refractivity contribution >= 4 is 17.5 Å². The largest absolute Gasteiger partial charge is 0.367 e. The molecule has 0 saturated carbocycles. The van der Waals surface area contributed by atoms with Crippen molar-refractivity contribution in [2.45, 2.75) is 46.6 Å². The van der Waals surface area contributed by atoms with Gasteiger partial charge in [-0.25, -0.2) is 9.37 Å². The third kappa shape index (κ3) is 6.59. The quantitative estimate of drug-likeness (QED) is 0.650. The Morgan fingerprint density at radius 1 is 1.12 bits per heavy atom. The van der Waals surface area contributed by atoms with Crippen molar-refractivity contribution in [2.75, 3.05) is 30.3 Å². The van der Waals surface area contributed by atoms with Crippen molar-refractivity contribution in [3.8, 4) is 0 Å². The van der Waals surface area contributed by atoms with Gasteiger partial charge in [0, 0.05) is 23.5 Å². The summed E-state index contributed by atoms with van der Waals surface area (Å²) in [6, 6.07) is 8.44. The summed E-state index contributed by atoms with van der Waals surface area (Å²) in [5.74, 6) is 1.05. The minimum atomic E-state index is -0.262. The van der Waals surface area contributed by atoms with E-state index in [0.717, 1.165) is 49.7 Å². The fraction of sp³-hybridized carbons (Fsp3) is 0.500. The Balaban J connectivity index is 1.92. The van der Waals surface area contributed by atoms with Gasteiger partial charge < -0.3 is 15.5 Å². The van der Waals surface area contributed by atoms with Crippen molar-refractivity contribution in [3.63, 3.8) is 0 Å². The van der Waals surface area contributed by atoms with Crippen molar-refractivity contribution in [3.05, 3.63) is 41.8 Å². The Hall–Kier alpha value is -2.21. The second kappa shape index (κ2) is 10.1. The molecule has 1 unspecified atom stereocenters. The Bertz CT molecular complexity index is 670. The minimum absolute atomic E-state index is 0.262. The summed E-state index contributed by atoms with van der Waals surface area (Å²) >= 11 is 0. The van der Waals surface area contributed by atoms with E-state index in [1.165, 1.54) is 12.1 Å². The standard InChI is InChI=1S/C20H30FN5/c1-5-26(6-2)13-7-8-15(3)22-19-14-16(4)23-20(25-19)24-18-11-9-17(21)10-12-18/h9-12,14-15H,5-8,13H2,1-4H3,(H2,22,23,24,25). The molecule has 26 heavy (non-hydrogen) atoms. The number of rotatable bonds is 10. The number of aromatic nitrogens is 2. The summed E-state index contributed by atoms with van der Waals surface area (Å²) in [6.45, 7) is 11.8. The number of anilines is 3. The number of hydrogen-bond acceptors (Lipinski definition) is 5. The Morgan fingerprint density at radius 3 is 2.46 bits per heavy atom. The molecule has 0 saturated heterocycles. The first-order valence-electron chi connectivity index (χ1n) is 9.37. The SMILES string of the molecule is CCN(CC)CCCC(C)Nc1cc(C)nc(Nc2ccc(F)cc2)n1. The number of benzene rings is 1. The van der Waals surface area contributed by atoms with Crippen LogP contribution in [0.3, 0.4) is 0 Å². The number of nitrogens with zero attached hydrogens (tertiary/aromatic N) is 3. The molecule has 142 valence electrons. The van der Waals surface area contributed by atoms with E-state index >= 15 is 0 Å². The first-order valence-corrected chi connectivity index (χ1v) is 9.37. The molecule has 0 radical (unpaired) electrons. The van der Waals surface area contributed by atoms with Crippen LogP contribution in [-0.4, -0.2) is 40.5 Å². The number of halogens is 1. The van der Waals surface area contributed by atoms with Gasteiger partial charge in [0.1, 0.15) is 11.6 Å². The molecule has 0 aliphatic carbocycles. The fourth-order valence-corrected chi connectivity index (χ4v) is 2.85. The molecule has 0 spiro atoms. The van der Waals surface area contributed by atoms with Crippen LogP contribution >= 0.6 is 0 Å². The van der Waals surface area contributed by atoms with Crippen molar-refractivity contribution in [2.24, 2.45) is 0 Å². The lowest BCUT2D eigenvalue weighted by atomic mass is 10.1. The predicted molar refractivity (Wildman–Crippen MR) is 107 cm³/mol. The lowest BCUT2D eigenvalue weighted by Gasteiger charge is -2.20. The van der Waals surface area contributed by atoms with E-state index in [-0.39, 0.29) is 5.82 Å². The molecule has 2 aromatic rings. The summed E-state index contributed by atoms with van der Waals surface area (Å²) in [4.78, 5) is 11.4. The van der Waals surface area contributed by atoms with Gasteiger partial charge in [0.05, 0.1) is 0 Å². The highest BCUT2D eigenvalue weighted by atomic mass is 19.1. The zero-order chi connectivity index (χ0) is 18.9. The van der Waals surface area contributed by atoms with E-state index in [1.54, 1.807) is 12.1 Å². The van der Waals surface area contributed by atoms with Gasteiger partial charge in [-0.3, -0.25) is 0 Å². The van der Waals surface area contributed by atoms with E-state index in [2.05, 4.69) is 46.3 Å². The van der Waals surface area contributed by atoms with Crippen LogP contribution in [0.15, 0.2) is 30.3 Å². The molecule has 0 amide bonds. The summed E-state index contributed by atoms with van der Waals surface area (Å²) in [5, 5.41) is 6.58. The number of nitrogens with one attached hydrogen (secondary N) is 2. The molecule has 0 fully saturated rings. The van der Waals surface area contributed by atoms with E-state index in [1.807, 2.05) is 13.0 Å². The Morgan fingerprint density at radius 2 is 1.81 bits per heavy atom. The predicted octanol–water partition coefficient (Wildman–Crippen LogP) is 4.59. The summed E-state index contributed by atoms with van der Waals surface area (Å²) in [7, 11) is 0. The van der Waals surface area contributed by atoms with E-state index < -0.39 is 0 Å². The van der Waals surface area contributed by atoms with Gasteiger partial charge in [0.15, 0.2) is 0 Å². The van der Waals surface area contributed by atoms with Crippen LogP contribution in [0.25, 0.3) is 0 Å². The summed E-state index contributed by atoms with van der Waals surface area (Å²) in [6.07, 6.45) is 2.24. The Kier molecular flexibility index (Phi) is 7.78. The molecule has 6 heteroatoms. The first kappa shape index (κ1) is 20.1. The molecular formula is C20H30FN5. The van der Waals surface area contributed by atoms with Crippen LogP contribution < -0.4 is 10.6 Å². The molecule has 1 aromatic heterocycles. The maximum atomic E-state index is 13.0. The summed E-state index contributed by atoms with van der Waals surface area (Å²) in [5.41, 5.74) is 1.64. The molecule has 0 aliphatic heterocycles. The maximum absolute atomic E-state index is 13.0. The highest BCUT2D eigenvalue weighted by molar-refractivity contribution is 5.55. The van der Waals surface area contributed by atoms with Crippen molar-refractivity contribution in [1.82, 2.24) is 14.9 Å². The van der Waals surface area contributed by atoms with Gasteiger partial charge in [-0.15, -0.1) is 0 Å². The molecule has 0 aliphatic rings. The van der Waals surface area contributed by atoms with Crippen LogP contribution in [0, 0.1) is 12.7 Å². The zero-order valence-electron chi connectivity index (χ0n) is 16.2. The highest BCUT2D eigenvalue weighted by Gasteiger charge is 2.08. The monoisotopic (exact) mass is 359 g/mol. The van der Waals surface area contributed by atoms with E-state index in [4.69, 9.17) is 0 Å². The van der Waals surface area contributed by atoms with Gasteiger partial charge in [0.2, 0.25) is 5.95 Å². The van der Waals surface area contributed by atoms with Crippen molar-refractivity contribution in [1.29, 1.82) is 0 Å². The normalized spacial score (nSPS) is 12.2. The van der Waals surface area contributed by atoms with Gasteiger partial charge in [-0.2, -0.15) is 4.98 Å². The molecular weight excluding hydrogens is 329 g/mol. The second-order valence-corrected chi connectivity index (χ2v) is 6.56. The minimum Gasteiger partial charge on any atom is -0.367 e. The van der Waals surface area contributed by atoms with Crippen LogP contribution in [0.5, 0.6) is 0 Å². The number of aryl methyl sites for hydroxylation is 1. The average Bonchev–Trinajstić information content (AvgIpc) is 2.60. The fourth-order valence-electron chi connectivity index (χ4n) is 2.85. The zero-order valence-corrected chi connectivity index (χ0v) is 16.2. The second-order valence-electron chi connectivity index (χ2n) is 6.56. The van der Waals surface area contributed by atoms with E-state index in [9.17, 15) is 4.39 Å². The topological polar surface area (TPSA) is 53.1 Å². The van der Waals surface area contributed by atoms with Gasteiger partial charge in [-0.1, -0.05) is 13.8 Å². The third-order valence-electron chi connectivity index (χ3n) is 4.35. The molecule has 1 atom stereocenters. The lowest BCUT2D eigenvalue weighted by molar-refractivity contribution is 0.295. The average molecular weight is 359 g/mol. The third-order valence-corrected chi connectivity index (χ3v) is 4.35. The van der Waals surface area contributed by atoms with E-state index in [0.29, 0.717) is 12.0 Å². The van der Waals surface area contributed by atoms with Crippen LogP contribution in [-0.2, 0) is 0 Å². The van der Waals surface area contributed by atoms with Crippen LogP contribution in [0.4, 0.5) is 21.8 Å². The molecule has 1 heterocycles. The van der Waals surface area contributed by atoms with Crippen molar-refractivity contribution < 1.29 is 4.39 Å². The molecule has 5 nitrogen and oxygen atoms in total. The smallest absolute Gasteiger partial charge is 0.229 e. The number of hydrogen-bond donors (Lipinski definition) is 2. The highest BCUT2D eigenvalue weighted by Crippen LogP contribution is 2.17. The van der Waals surface area contributed by atoms with Crippen LogP contribution in [0.2, 0.25) is 0 Å². The lowest BCUT2D eigenvalue weighted by Crippen LogP contribution is -2.25. The maximum Gasteiger partial charge on any atom is 0.229 e. The van der Waals surface area contributed by atoms with Crippen LogP contribution in [0.1, 0.15) is 39.3 Å². The summed E-state index contributed by atoms with van der Waals surface area (Å²) < 4.78 is 13.0. The first-order chi connectivity index (χ1) is 12.5. The Labute approximate surface area is 156 Å². The molecule has 2 N–H and O–H groups in total. The molecule has 1 aromatic carbocycles.